The Kier molecular flexibility index (Phi) is 8.64. The molecular formula is C10H16N2O5. The number of ether oxygens (including phenoxy) is 2. The van der Waals surface area contributed by atoms with Crippen molar-refractivity contribution in [3.05, 3.63) is 0 Å². The molecule has 0 spiro atoms. The van der Waals surface area contributed by atoms with E-state index >= 15 is 0 Å². The number of carboxylic acid groups (broad SMARTS) is 1. The molecule has 0 atom stereocenters. The summed E-state index contributed by atoms with van der Waals surface area (Å²) in [5.41, 5.74) is 0. The highest BCUT2D eigenvalue weighted by atomic mass is 16.5. The van der Waals surface area contributed by atoms with E-state index in [0.29, 0.717) is 13.2 Å². The monoisotopic (exact) mass is 244 g/mol. The summed E-state index contributed by atoms with van der Waals surface area (Å²) in [7, 11) is 1.51. The lowest BCUT2D eigenvalue weighted by Crippen LogP contribution is -2.37. The van der Waals surface area contributed by atoms with E-state index in [0.717, 1.165) is 0 Å². The Morgan fingerprint density at radius 2 is 2.06 bits per heavy atom. The summed E-state index contributed by atoms with van der Waals surface area (Å²) in [4.78, 5) is 23.2. The van der Waals surface area contributed by atoms with Gasteiger partial charge in [0, 0.05) is 20.2 Å². The van der Waals surface area contributed by atoms with Crippen LogP contribution in [0.15, 0.2) is 0 Å². The van der Waals surface area contributed by atoms with Crippen LogP contribution in [0.5, 0.6) is 0 Å². The van der Waals surface area contributed by atoms with Crippen LogP contribution in [-0.2, 0) is 19.1 Å². The second-order valence-electron chi connectivity index (χ2n) is 3.17. The van der Waals surface area contributed by atoms with E-state index < -0.39 is 12.6 Å². The van der Waals surface area contributed by atoms with E-state index in [1.807, 2.05) is 6.07 Å². The first-order chi connectivity index (χ1) is 8.11. The van der Waals surface area contributed by atoms with Crippen molar-refractivity contribution in [1.82, 2.24) is 4.90 Å². The number of nitriles is 1. The first kappa shape index (κ1) is 15.3. The van der Waals surface area contributed by atoms with Crippen molar-refractivity contribution in [2.75, 3.05) is 40.0 Å². The van der Waals surface area contributed by atoms with Crippen LogP contribution in [-0.4, -0.2) is 61.9 Å². The minimum absolute atomic E-state index is 0.217. The van der Waals surface area contributed by atoms with Crippen LogP contribution in [0.1, 0.15) is 6.42 Å². The molecule has 0 aliphatic heterocycles. The van der Waals surface area contributed by atoms with Gasteiger partial charge in [-0.1, -0.05) is 0 Å². The number of carboxylic acids is 1. The third-order valence-corrected chi connectivity index (χ3v) is 1.86. The van der Waals surface area contributed by atoms with Crippen LogP contribution >= 0.6 is 0 Å². The zero-order valence-electron chi connectivity index (χ0n) is 9.72. The van der Waals surface area contributed by atoms with E-state index in [1.54, 1.807) is 0 Å². The van der Waals surface area contributed by atoms with E-state index in [4.69, 9.17) is 15.1 Å². The van der Waals surface area contributed by atoms with Crippen LogP contribution in [0.25, 0.3) is 0 Å². The Morgan fingerprint density at radius 1 is 1.35 bits per heavy atom. The maximum absolute atomic E-state index is 11.6. The average Bonchev–Trinajstić information content (AvgIpc) is 2.28. The van der Waals surface area contributed by atoms with Gasteiger partial charge in [0.25, 0.3) is 0 Å². The van der Waals surface area contributed by atoms with E-state index in [9.17, 15) is 9.59 Å². The highest BCUT2D eigenvalue weighted by molar-refractivity contribution is 5.78. The fraction of sp³-hybridized carbons (Fsp3) is 0.700. The molecule has 7 nitrogen and oxygen atoms in total. The number of carbonyl (C=O) groups excluding carboxylic acids is 1. The standard InChI is InChI=1S/C10H16N2O5/c1-16-6-5-12(4-2-3-11)9(13)7-17-8-10(14)15/h2,4-8H2,1H3,(H,14,15). The van der Waals surface area contributed by atoms with Crippen molar-refractivity contribution in [2.45, 2.75) is 6.42 Å². The molecule has 17 heavy (non-hydrogen) atoms. The predicted octanol–water partition coefficient (Wildman–Crippen LogP) is -0.524. The maximum Gasteiger partial charge on any atom is 0.329 e. The Morgan fingerprint density at radius 3 is 2.59 bits per heavy atom. The third-order valence-electron chi connectivity index (χ3n) is 1.86. The summed E-state index contributed by atoms with van der Waals surface area (Å²) in [5, 5.41) is 16.8. The zero-order chi connectivity index (χ0) is 13.1. The second-order valence-corrected chi connectivity index (χ2v) is 3.17. The summed E-state index contributed by atoms with van der Waals surface area (Å²) in [5.74, 6) is -1.48. The fourth-order valence-corrected chi connectivity index (χ4v) is 1.06. The summed E-state index contributed by atoms with van der Waals surface area (Å²) in [6, 6.07) is 1.93. The molecule has 0 aromatic rings. The Bertz CT molecular complexity index is 287. The van der Waals surface area contributed by atoms with Crippen LogP contribution < -0.4 is 0 Å². The molecule has 0 aliphatic carbocycles. The minimum atomic E-state index is -1.13. The number of carbonyl (C=O) groups is 2. The molecular weight excluding hydrogens is 228 g/mol. The molecule has 0 unspecified atom stereocenters. The number of amides is 1. The van der Waals surface area contributed by atoms with Gasteiger partial charge in [0.2, 0.25) is 5.91 Å². The molecule has 0 bridgehead atoms. The number of nitrogens with zero attached hydrogens (tertiary/aromatic N) is 2. The van der Waals surface area contributed by atoms with E-state index in [-0.39, 0.29) is 25.5 Å². The third kappa shape index (κ3) is 8.19. The smallest absolute Gasteiger partial charge is 0.329 e. The van der Waals surface area contributed by atoms with Gasteiger partial charge in [-0.15, -0.1) is 0 Å². The molecule has 0 saturated carbocycles. The van der Waals surface area contributed by atoms with Crippen LogP contribution in [0.4, 0.5) is 0 Å². The number of methoxy groups -OCH3 is 1. The molecule has 0 radical (unpaired) electrons. The largest absolute Gasteiger partial charge is 0.480 e. The first-order valence-corrected chi connectivity index (χ1v) is 5.05. The van der Waals surface area contributed by atoms with Gasteiger partial charge in [0.1, 0.15) is 13.2 Å². The lowest BCUT2D eigenvalue weighted by Gasteiger charge is -2.20. The summed E-state index contributed by atoms with van der Waals surface area (Å²) in [6.07, 6.45) is 0.217. The van der Waals surface area contributed by atoms with Gasteiger partial charge in [-0.3, -0.25) is 4.79 Å². The Labute approximate surface area is 99.5 Å². The lowest BCUT2D eigenvalue weighted by atomic mass is 10.4. The molecule has 0 saturated heterocycles. The predicted molar refractivity (Wildman–Crippen MR) is 57.1 cm³/mol. The fourth-order valence-electron chi connectivity index (χ4n) is 1.06. The molecule has 1 N–H and O–H groups in total. The Balaban J connectivity index is 4.03. The van der Waals surface area contributed by atoms with Crippen molar-refractivity contribution in [1.29, 1.82) is 5.26 Å². The normalized spacial score (nSPS) is 9.65. The zero-order valence-corrected chi connectivity index (χ0v) is 9.72. The SMILES string of the molecule is COCCN(CCC#N)C(=O)COCC(=O)O. The summed E-state index contributed by atoms with van der Waals surface area (Å²) in [6.45, 7) is 0.183. The molecule has 0 rings (SSSR count). The quantitative estimate of drug-likeness (QED) is 0.585. The van der Waals surface area contributed by atoms with Crippen molar-refractivity contribution in [2.24, 2.45) is 0 Å². The van der Waals surface area contributed by atoms with E-state index in [2.05, 4.69) is 4.74 Å². The van der Waals surface area contributed by atoms with Gasteiger partial charge in [-0.05, 0) is 0 Å². The first-order valence-electron chi connectivity index (χ1n) is 5.05. The Hall–Kier alpha value is -1.65. The molecule has 0 aromatic carbocycles. The molecule has 7 heteroatoms. The number of hydrogen-bond donors (Lipinski definition) is 1. The number of hydrogen-bond acceptors (Lipinski definition) is 5. The molecule has 96 valence electrons. The van der Waals surface area contributed by atoms with Crippen LogP contribution in [0.3, 0.4) is 0 Å². The van der Waals surface area contributed by atoms with Gasteiger partial charge in [0.05, 0.1) is 19.1 Å². The topological polar surface area (TPSA) is 99.9 Å². The van der Waals surface area contributed by atoms with Gasteiger partial charge >= 0.3 is 5.97 Å². The number of rotatable bonds is 9. The number of aliphatic carboxylic acids is 1. The van der Waals surface area contributed by atoms with Crippen molar-refractivity contribution in [3.63, 3.8) is 0 Å². The van der Waals surface area contributed by atoms with Crippen LogP contribution in [0.2, 0.25) is 0 Å². The molecule has 0 aliphatic rings. The molecule has 0 heterocycles. The molecule has 0 aromatic heterocycles. The van der Waals surface area contributed by atoms with Gasteiger partial charge in [0.15, 0.2) is 0 Å². The van der Waals surface area contributed by atoms with Crippen molar-refractivity contribution in [3.8, 4) is 6.07 Å². The molecule has 1 amide bonds. The second kappa shape index (κ2) is 9.57. The highest BCUT2D eigenvalue weighted by Crippen LogP contribution is 1.94. The minimum Gasteiger partial charge on any atom is -0.480 e. The molecule has 0 fully saturated rings. The van der Waals surface area contributed by atoms with E-state index in [1.165, 1.54) is 12.0 Å². The summed E-state index contributed by atoms with van der Waals surface area (Å²) >= 11 is 0. The van der Waals surface area contributed by atoms with Crippen molar-refractivity contribution < 1.29 is 24.2 Å². The maximum atomic E-state index is 11.6. The van der Waals surface area contributed by atoms with Crippen molar-refractivity contribution >= 4 is 11.9 Å². The van der Waals surface area contributed by atoms with Crippen LogP contribution in [0, 0.1) is 11.3 Å². The lowest BCUT2D eigenvalue weighted by molar-refractivity contribution is -0.146. The highest BCUT2D eigenvalue weighted by Gasteiger charge is 2.13. The van der Waals surface area contributed by atoms with Gasteiger partial charge in [-0.2, -0.15) is 5.26 Å². The summed E-state index contributed by atoms with van der Waals surface area (Å²) < 4.78 is 9.52. The van der Waals surface area contributed by atoms with Gasteiger partial charge in [-0.25, -0.2) is 4.79 Å². The average molecular weight is 244 g/mol. The van der Waals surface area contributed by atoms with Gasteiger partial charge < -0.3 is 19.5 Å².